The van der Waals surface area contributed by atoms with Crippen molar-refractivity contribution in [1.29, 1.82) is 0 Å². The Kier molecular flexibility index (Phi) is 4.59. The summed E-state index contributed by atoms with van der Waals surface area (Å²) in [5.74, 6) is -0.494. The third-order valence-electron chi connectivity index (χ3n) is 4.20. The van der Waals surface area contributed by atoms with Gasteiger partial charge in [-0.25, -0.2) is 4.79 Å². The van der Waals surface area contributed by atoms with E-state index in [9.17, 15) is 18.0 Å². The summed E-state index contributed by atoms with van der Waals surface area (Å²) < 4.78 is 44.9. The first-order chi connectivity index (χ1) is 12.3. The third-order valence-corrected chi connectivity index (χ3v) is 4.20. The number of methoxy groups -OCH3 is 1. The highest BCUT2D eigenvalue weighted by Crippen LogP contribution is 2.33. The lowest BCUT2D eigenvalue weighted by molar-refractivity contribution is -0.137. The highest BCUT2D eigenvalue weighted by molar-refractivity contribution is 5.99. The molecule has 3 rings (SSSR count). The molecule has 0 saturated carbocycles. The van der Waals surface area contributed by atoms with Gasteiger partial charge in [0.25, 0.3) is 0 Å². The number of hydrogen-bond acceptors (Lipinski definition) is 2. The van der Waals surface area contributed by atoms with Gasteiger partial charge in [0.15, 0.2) is 0 Å². The van der Waals surface area contributed by atoms with Gasteiger partial charge >= 0.3 is 12.1 Å². The van der Waals surface area contributed by atoms with Crippen molar-refractivity contribution < 1.29 is 22.7 Å². The number of carbonyl (C=O) groups is 1. The summed E-state index contributed by atoms with van der Waals surface area (Å²) in [6.45, 7) is 1.73. The zero-order valence-electron chi connectivity index (χ0n) is 14.2. The molecule has 0 atom stereocenters. The Labute approximate surface area is 148 Å². The Balaban J connectivity index is 2.14. The molecular weight excluding hydrogens is 343 g/mol. The lowest BCUT2D eigenvalue weighted by Crippen LogP contribution is -2.06. The fourth-order valence-corrected chi connectivity index (χ4v) is 2.88. The molecule has 0 aliphatic carbocycles. The van der Waals surface area contributed by atoms with E-state index >= 15 is 0 Å². The molecule has 26 heavy (non-hydrogen) atoms. The van der Waals surface area contributed by atoms with Crippen LogP contribution in [0.15, 0.2) is 60.8 Å². The number of ether oxygens (including phenoxy) is 1. The zero-order valence-corrected chi connectivity index (χ0v) is 14.2. The second-order valence-corrected chi connectivity index (χ2v) is 5.78. The lowest BCUT2D eigenvalue weighted by atomic mass is 10.0. The van der Waals surface area contributed by atoms with Gasteiger partial charge in [-0.3, -0.25) is 0 Å². The van der Waals surface area contributed by atoms with Gasteiger partial charge < -0.3 is 9.30 Å². The van der Waals surface area contributed by atoms with E-state index < -0.39 is 17.7 Å². The first kappa shape index (κ1) is 17.8. The Morgan fingerprint density at radius 3 is 2.15 bits per heavy atom. The largest absolute Gasteiger partial charge is 0.465 e. The topological polar surface area (TPSA) is 31.2 Å². The van der Waals surface area contributed by atoms with E-state index in [0.29, 0.717) is 22.5 Å². The molecule has 0 bridgehead atoms. The second kappa shape index (κ2) is 6.71. The van der Waals surface area contributed by atoms with Gasteiger partial charge in [-0.1, -0.05) is 30.3 Å². The van der Waals surface area contributed by atoms with Crippen LogP contribution in [0.25, 0.3) is 16.8 Å². The van der Waals surface area contributed by atoms with Crippen molar-refractivity contribution in [3.05, 3.63) is 77.6 Å². The Morgan fingerprint density at radius 2 is 1.62 bits per heavy atom. The molecule has 134 valence electrons. The first-order valence-electron chi connectivity index (χ1n) is 7.86. The van der Waals surface area contributed by atoms with Gasteiger partial charge in [0.2, 0.25) is 0 Å². The number of esters is 1. The molecule has 0 radical (unpaired) electrons. The summed E-state index contributed by atoms with van der Waals surface area (Å²) in [4.78, 5) is 12.3. The molecule has 1 aromatic heterocycles. The summed E-state index contributed by atoms with van der Waals surface area (Å²) in [5.41, 5.74) is 2.27. The molecule has 6 heteroatoms. The number of aromatic nitrogens is 1. The molecule has 0 saturated heterocycles. The van der Waals surface area contributed by atoms with E-state index in [2.05, 4.69) is 0 Å². The standard InChI is InChI=1S/C20H16F3NO2/c1-13-18(19(25)26-2)17(14-6-4-3-5-7-14)12-24(13)16-10-8-15(9-11-16)20(21,22)23/h3-12H,1-2H3. The van der Waals surface area contributed by atoms with Crippen molar-refractivity contribution in [2.24, 2.45) is 0 Å². The molecule has 3 aromatic rings. The minimum atomic E-state index is -4.39. The molecule has 0 N–H and O–H groups in total. The van der Waals surface area contributed by atoms with Crippen molar-refractivity contribution in [1.82, 2.24) is 4.57 Å². The monoisotopic (exact) mass is 359 g/mol. The van der Waals surface area contributed by atoms with Gasteiger partial charge in [0.1, 0.15) is 0 Å². The van der Waals surface area contributed by atoms with Crippen molar-refractivity contribution in [3.63, 3.8) is 0 Å². The van der Waals surface area contributed by atoms with Crippen molar-refractivity contribution in [2.75, 3.05) is 7.11 Å². The molecule has 3 nitrogen and oxygen atoms in total. The van der Waals surface area contributed by atoms with Crippen LogP contribution in [0.4, 0.5) is 13.2 Å². The molecule has 0 unspecified atom stereocenters. The fraction of sp³-hybridized carbons (Fsp3) is 0.150. The lowest BCUT2D eigenvalue weighted by Gasteiger charge is -2.10. The van der Waals surface area contributed by atoms with E-state index in [0.717, 1.165) is 17.7 Å². The molecule has 1 heterocycles. The van der Waals surface area contributed by atoms with Gasteiger partial charge in [-0.2, -0.15) is 13.2 Å². The maximum Gasteiger partial charge on any atom is 0.416 e. The van der Waals surface area contributed by atoms with E-state index in [1.807, 2.05) is 30.3 Å². The molecule has 2 aromatic carbocycles. The molecule has 0 spiro atoms. The predicted molar refractivity (Wildman–Crippen MR) is 92.3 cm³/mol. The number of rotatable bonds is 3. The predicted octanol–water partition coefficient (Wildman–Crippen LogP) is 5.26. The van der Waals surface area contributed by atoms with Gasteiger partial charge in [0.05, 0.1) is 18.2 Å². The smallest absolute Gasteiger partial charge is 0.416 e. The number of halogens is 3. The summed E-state index contributed by atoms with van der Waals surface area (Å²) in [7, 11) is 1.30. The van der Waals surface area contributed by atoms with Crippen molar-refractivity contribution in [2.45, 2.75) is 13.1 Å². The van der Waals surface area contributed by atoms with Crippen LogP contribution in [-0.4, -0.2) is 17.6 Å². The summed E-state index contributed by atoms with van der Waals surface area (Å²) >= 11 is 0. The van der Waals surface area contributed by atoms with Crippen molar-refractivity contribution >= 4 is 5.97 Å². The normalized spacial score (nSPS) is 11.4. The highest BCUT2D eigenvalue weighted by Gasteiger charge is 2.30. The van der Waals surface area contributed by atoms with Crippen LogP contribution in [0.5, 0.6) is 0 Å². The molecule has 0 aliphatic heterocycles. The van der Waals surface area contributed by atoms with Crippen LogP contribution in [0.3, 0.4) is 0 Å². The average molecular weight is 359 g/mol. The summed E-state index contributed by atoms with van der Waals surface area (Å²) in [6, 6.07) is 14.1. The minimum absolute atomic E-state index is 0.388. The SMILES string of the molecule is COC(=O)c1c(-c2ccccc2)cn(-c2ccc(C(F)(F)F)cc2)c1C. The highest BCUT2D eigenvalue weighted by atomic mass is 19.4. The molecule has 0 amide bonds. The van der Waals surface area contributed by atoms with Crippen LogP contribution < -0.4 is 0 Å². The number of carbonyl (C=O) groups excluding carboxylic acids is 1. The number of alkyl halides is 3. The Hall–Kier alpha value is -3.02. The van der Waals surface area contributed by atoms with E-state index in [1.165, 1.54) is 19.2 Å². The zero-order chi connectivity index (χ0) is 18.9. The molecular formula is C20H16F3NO2. The Morgan fingerprint density at radius 1 is 1.00 bits per heavy atom. The van der Waals surface area contributed by atoms with Crippen LogP contribution in [0.1, 0.15) is 21.6 Å². The minimum Gasteiger partial charge on any atom is -0.465 e. The van der Waals surface area contributed by atoms with E-state index in [4.69, 9.17) is 4.74 Å². The van der Waals surface area contributed by atoms with Gasteiger partial charge in [-0.15, -0.1) is 0 Å². The van der Waals surface area contributed by atoms with Crippen LogP contribution in [0.2, 0.25) is 0 Å². The van der Waals surface area contributed by atoms with E-state index in [-0.39, 0.29) is 0 Å². The maximum absolute atomic E-state index is 12.8. The van der Waals surface area contributed by atoms with Crippen LogP contribution >= 0.6 is 0 Å². The van der Waals surface area contributed by atoms with Gasteiger partial charge in [0, 0.05) is 23.1 Å². The van der Waals surface area contributed by atoms with Crippen LogP contribution in [0, 0.1) is 6.92 Å². The second-order valence-electron chi connectivity index (χ2n) is 5.78. The number of hydrogen-bond donors (Lipinski definition) is 0. The molecule has 0 fully saturated rings. The molecule has 0 aliphatic rings. The first-order valence-corrected chi connectivity index (χ1v) is 7.86. The fourth-order valence-electron chi connectivity index (χ4n) is 2.88. The summed E-state index contributed by atoms with van der Waals surface area (Å²) in [6.07, 6.45) is -2.66. The number of benzene rings is 2. The Bertz CT molecular complexity index is 926. The van der Waals surface area contributed by atoms with E-state index in [1.54, 1.807) is 17.7 Å². The quantitative estimate of drug-likeness (QED) is 0.598. The average Bonchev–Trinajstić information content (AvgIpc) is 2.98. The summed E-state index contributed by atoms with van der Waals surface area (Å²) in [5, 5.41) is 0. The van der Waals surface area contributed by atoms with Crippen molar-refractivity contribution in [3.8, 4) is 16.8 Å². The van der Waals surface area contributed by atoms with Gasteiger partial charge in [-0.05, 0) is 36.8 Å². The third kappa shape index (κ3) is 3.22. The number of nitrogens with zero attached hydrogens (tertiary/aromatic N) is 1. The maximum atomic E-state index is 12.8. The van der Waals surface area contributed by atoms with Crippen LogP contribution in [-0.2, 0) is 10.9 Å².